The summed E-state index contributed by atoms with van der Waals surface area (Å²) < 4.78 is 27.1. The summed E-state index contributed by atoms with van der Waals surface area (Å²) in [7, 11) is -3.67. The topological polar surface area (TPSA) is 87.6 Å². The van der Waals surface area contributed by atoms with E-state index in [2.05, 4.69) is 4.98 Å². The van der Waals surface area contributed by atoms with Crippen LogP contribution in [0.4, 0.5) is 0 Å². The molecular formula is C20H16Cl2N2O4S. The van der Waals surface area contributed by atoms with Crippen LogP contribution in [0.25, 0.3) is 22.2 Å². The molecule has 150 valence electrons. The molecule has 0 aliphatic carbocycles. The third-order valence-electron chi connectivity index (χ3n) is 4.92. The molecule has 2 heterocycles. The van der Waals surface area contributed by atoms with Gasteiger partial charge in [0.2, 0.25) is 10.0 Å². The summed E-state index contributed by atoms with van der Waals surface area (Å²) >= 11 is 12.3. The minimum atomic E-state index is -3.67. The highest BCUT2D eigenvalue weighted by Crippen LogP contribution is 2.33. The van der Waals surface area contributed by atoms with Crippen LogP contribution in [0.15, 0.2) is 47.4 Å². The molecule has 1 N–H and O–H groups in total. The molecule has 0 saturated carbocycles. The van der Waals surface area contributed by atoms with Crippen LogP contribution in [0.2, 0.25) is 10.0 Å². The summed E-state index contributed by atoms with van der Waals surface area (Å²) in [6.07, 6.45) is 1.64. The molecule has 3 aromatic rings. The first-order valence-corrected chi connectivity index (χ1v) is 11.1. The molecule has 1 saturated heterocycles. The number of carbonyl (C=O) groups is 1. The van der Waals surface area contributed by atoms with E-state index in [-0.39, 0.29) is 15.8 Å². The number of fused-ring (bicyclic) bond motifs is 1. The zero-order valence-electron chi connectivity index (χ0n) is 15.1. The molecule has 1 fully saturated rings. The minimum Gasteiger partial charge on any atom is -0.478 e. The van der Waals surface area contributed by atoms with Crippen molar-refractivity contribution in [3.05, 3.63) is 58.1 Å². The molecule has 0 bridgehead atoms. The third kappa shape index (κ3) is 3.71. The molecule has 0 radical (unpaired) electrons. The van der Waals surface area contributed by atoms with Crippen molar-refractivity contribution >= 4 is 50.1 Å². The maximum Gasteiger partial charge on any atom is 0.336 e. The fourth-order valence-electron chi connectivity index (χ4n) is 3.45. The number of hydrogen-bond donors (Lipinski definition) is 1. The van der Waals surface area contributed by atoms with E-state index in [9.17, 15) is 18.3 Å². The van der Waals surface area contributed by atoms with Crippen LogP contribution in [0.3, 0.4) is 0 Å². The maximum atomic E-state index is 12.9. The Morgan fingerprint density at radius 2 is 1.76 bits per heavy atom. The monoisotopic (exact) mass is 450 g/mol. The van der Waals surface area contributed by atoms with Gasteiger partial charge < -0.3 is 5.11 Å². The van der Waals surface area contributed by atoms with E-state index in [1.54, 1.807) is 18.2 Å². The first kappa shape index (κ1) is 20.1. The van der Waals surface area contributed by atoms with Gasteiger partial charge in [-0.1, -0.05) is 23.2 Å². The lowest BCUT2D eigenvalue weighted by molar-refractivity contribution is 0.0699. The van der Waals surface area contributed by atoms with Gasteiger partial charge in [0.15, 0.2) is 0 Å². The second-order valence-corrected chi connectivity index (χ2v) is 9.56. The van der Waals surface area contributed by atoms with E-state index >= 15 is 0 Å². The Bertz CT molecular complexity index is 1240. The highest BCUT2D eigenvalue weighted by atomic mass is 35.5. The number of carboxylic acid groups (broad SMARTS) is 1. The Morgan fingerprint density at radius 1 is 1.03 bits per heavy atom. The zero-order chi connectivity index (χ0) is 20.8. The Morgan fingerprint density at radius 3 is 2.45 bits per heavy atom. The highest BCUT2D eigenvalue weighted by Gasteiger charge is 2.28. The minimum absolute atomic E-state index is 0.0560. The van der Waals surface area contributed by atoms with Gasteiger partial charge in [-0.25, -0.2) is 18.2 Å². The van der Waals surface area contributed by atoms with Gasteiger partial charge >= 0.3 is 5.97 Å². The lowest BCUT2D eigenvalue weighted by Gasteiger charge is -2.16. The quantitative estimate of drug-likeness (QED) is 0.622. The van der Waals surface area contributed by atoms with E-state index in [4.69, 9.17) is 23.2 Å². The second-order valence-electron chi connectivity index (χ2n) is 6.77. The number of pyridine rings is 1. The number of carboxylic acids is 1. The summed E-state index contributed by atoms with van der Waals surface area (Å²) in [5, 5.41) is 10.8. The Balaban J connectivity index is 1.91. The Kier molecular flexibility index (Phi) is 5.25. The SMILES string of the molecule is O=C(O)c1cc(-c2cc(Cl)ccc2Cl)nc2ccc(S(=O)(=O)N3CCCC3)cc12. The molecule has 29 heavy (non-hydrogen) atoms. The van der Waals surface area contributed by atoms with Gasteiger partial charge in [0.25, 0.3) is 0 Å². The number of aromatic carboxylic acids is 1. The zero-order valence-corrected chi connectivity index (χ0v) is 17.4. The van der Waals surface area contributed by atoms with Crippen LogP contribution in [-0.4, -0.2) is 41.9 Å². The largest absolute Gasteiger partial charge is 0.478 e. The van der Waals surface area contributed by atoms with Crippen molar-refractivity contribution in [1.29, 1.82) is 0 Å². The number of benzene rings is 2. The maximum absolute atomic E-state index is 12.9. The van der Waals surface area contributed by atoms with Crippen LogP contribution in [0.5, 0.6) is 0 Å². The van der Waals surface area contributed by atoms with E-state index in [0.717, 1.165) is 12.8 Å². The molecule has 0 spiro atoms. The van der Waals surface area contributed by atoms with Crippen molar-refractivity contribution in [2.45, 2.75) is 17.7 Å². The molecule has 9 heteroatoms. The van der Waals surface area contributed by atoms with Crippen molar-refractivity contribution in [2.75, 3.05) is 13.1 Å². The lowest BCUT2D eigenvalue weighted by atomic mass is 10.0. The molecular weight excluding hydrogens is 435 g/mol. The second kappa shape index (κ2) is 7.57. The summed E-state index contributed by atoms with van der Waals surface area (Å²) in [6.45, 7) is 0.938. The van der Waals surface area contributed by atoms with Crippen LogP contribution in [0, 0.1) is 0 Å². The molecule has 0 atom stereocenters. The fourth-order valence-corrected chi connectivity index (χ4v) is 5.38. The van der Waals surface area contributed by atoms with Gasteiger partial charge in [-0.3, -0.25) is 0 Å². The van der Waals surface area contributed by atoms with E-state index in [1.165, 1.54) is 28.6 Å². The van der Waals surface area contributed by atoms with Crippen LogP contribution < -0.4 is 0 Å². The lowest BCUT2D eigenvalue weighted by Crippen LogP contribution is -2.27. The standard InChI is InChI=1S/C20H16Cl2N2O4S/c21-12-3-5-17(22)16(9-12)19-11-15(20(25)26)14-10-13(4-6-18(14)23-19)29(27,28)24-7-1-2-8-24/h3-6,9-11H,1-2,7-8H2,(H,25,26). The van der Waals surface area contributed by atoms with Crippen molar-refractivity contribution in [3.63, 3.8) is 0 Å². The van der Waals surface area contributed by atoms with Gasteiger partial charge in [-0.2, -0.15) is 4.31 Å². The first-order valence-electron chi connectivity index (χ1n) is 8.91. The van der Waals surface area contributed by atoms with Gasteiger partial charge in [0, 0.05) is 29.1 Å². The fraction of sp³-hybridized carbons (Fsp3) is 0.200. The Labute approximate surface area is 177 Å². The number of hydrogen-bond acceptors (Lipinski definition) is 4. The molecule has 6 nitrogen and oxygen atoms in total. The van der Waals surface area contributed by atoms with Gasteiger partial charge in [0.05, 0.1) is 26.7 Å². The van der Waals surface area contributed by atoms with Crippen LogP contribution in [0.1, 0.15) is 23.2 Å². The highest BCUT2D eigenvalue weighted by molar-refractivity contribution is 7.89. The third-order valence-corrected chi connectivity index (χ3v) is 7.38. The number of halogens is 2. The number of sulfonamides is 1. The van der Waals surface area contributed by atoms with Crippen molar-refractivity contribution in [3.8, 4) is 11.3 Å². The summed E-state index contributed by atoms with van der Waals surface area (Å²) in [6, 6.07) is 10.6. The van der Waals surface area contributed by atoms with Gasteiger partial charge in [-0.15, -0.1) is 0 Å². The van der Waals surface area contributed by atoms with Gasteiger partial charge in [-0.05, 0) is 55.3 Å². The van der Waals surface area contributed by atoms with Crippen LogP contribution in [-0.2, 0) is 10.0 Å². The number of rotatable bonds is 4. The summed E-state index contributed by atoms with van der Waals surface area (Å²) in [5.41, 5.74) is 1.14. The molecule has 1 aliphatic heterocycles. The van der Waals surface area contributed by atoms with Gasteiger partial charge in [0.1, 0.15) is 0 Å². The summed E-state index contributed by atoms with van der Waals surface area (Å²) in [5.74, 6) is -1.19. The predicted molar refractivity (Wildman–Crippen MR) is 112 cm³/mol. The van der Waals surface area contributed by atoms with Crippen molar-refractivity contribution < 1.29 is 18.3 Å². The Hall–Kier alpha value is -2.19. The van der Waals surface area contributed by atoms with E-state index in [1.807, 2.05) is 0 Å². The number of aromatic nitrogens is 1. The first-order chi connectivity index (χ1) is 13.8. The van der Waals surface area contributed by atoms with Crippen molar-refractivity contribution in [1.82, 2.24) is 9.29 Å². The molecule has 0 unspecified atom stereocenters. The normalized spacial score (nSPS) is 15.1. The van der Waals surface area contributed by atoms with Crippen molar-refractivity contribution in [2.24, 2.45) is 0 Å². The summed E-state index contributed by atoms with van der Waals surface area (Å²) in [4.78, 5) is 16.5. The van der Waals surface area contributed by atoms with E-state index < -0.39 is 16.0 Å². The molecule has 2 aromatic carbocycles. The number of nitrogens with zero attached hydrogens (tertiary/aromatic N) is 2. The molecule has 0 amide bonds. The average Bonchev–Trinajstić information content (AvgIpc) is 3.24. The molecule has 4 rings (SSSR count). The van der Waals surface area contributed by atoms with Crippen LogP contribution >= 0.6 is 23.2 Å². The smallest absolute Gasteiger partial charge is 0.336 e. The predicted octanol–water partition coefficient (Wildman–Crippen LogP) is 4.69. The molecule has 1 aromatic heterocycles. The van der Waals surface area contributed by atoms with E-state index in [0.29, 0.717) is 39.9 Å². The average molecular weight is 451 g/mol. The molecule has 1 aliphatic rings.